The number of nitrogens with zero attached hydrogens (tertiary/aromatic N) is 1. The summed E-state index contributed by atoms with van der Waals surface area (Å²) in [5, 5.41) is 0. The van der Waals surface area contributed by atoms with E-state index in [1.165, 1.54) is 16.0 Å². The normalized spacial score (nSPS) is 12.2. The molecule has 130 valence electrons. The van der Waals surface area contributed by atoms with Crippen molar-refractivity contribution < 1.29 is 8.76 Å². The second-order valence-corrected chi connectivity index (χ2v) is 7.74. The smallest absolute Gasteiger partial charge is 0.0797 e. The summed E-state index contributed by atoms with van der Waals surface area (Å²) in [5.74, 6) is 0.0632. The summed E-state index contributed by atoms with van der Waals surface area (Å²) < 4.78 is 21.5. The maximum absolute atomic E-state index is 10.7. The van der Waals surface area contributed by atoms with Gasteiger partial charge in [0.15, 0.2) is 0 Å². The van der Waals surface area contributed by atoms with Crippen molar-refractivity contribution in [3.63, 3.8) is 0 Å². The number of aromatic nitrogens is 1. The molecule has 1 aromatic heterocycles. The zero-order valence-electron chi connectivity index (χ0n) is 13.7. The van der Waals surface area contributed by atoms with E-state index in [0.29, 0.717) is 0 Å². The quantitative estimate of drug-likeness (QED) is 0.509. The number of benzene rings is 2. The van der Waals surface area contributed by atoms with E-state index in [0.717, 1.165) is 36.2 Å². The van der Waals surface area contributed by atoms with Crippen LogP contribution in [0, 0.1) is 0 Å². The molecule has 0 amide bonds. The van der Waals surface area contributed by atoms with Crippen LogP contribution in [0.25, 0.3) is 0 Å². The van der Waals surface area contributed by atoms with Gasteiger partial charge in [0, 0.05) is 22.7 Å². The van der Waals surface area contributed by atoms with E-state index in [4.69, 9.17) is 5.73 Å². The van der Waals surface area contributed by atoms with Crippen LogP contribution in [-0.4, -0.2) is 13.7 Å². The van der Waals surface area contributed by atoms with Gasteiger partial charge in [0.25, 0.3) is 0 Å². The van der Waals surface area contributed by atoms with Crippen molar-refractivity contribution in [1.29, 1.82) is 0 Å². The van der Waals surface area contributed by atoms with Crippen molar-refractivity contribution in [2.75, 3.05) is 5.73 Å². The zero-order chi connectivity index (χ0) is 17.6. The van der Waals surface area contributed by atoms with E-state index < -0.39 is 11.1 Å². The number of nitrogens with two attached hydrogens (primary N) is 1. The number of hydrogen-bond donors (Lipinski definition) is 1. The summed E-state index contributed by atoms with van der Waals surface area (Å²) in [6, 6.07) is 15.7. The Kier molecular flexibility index (Phi) is 5.96. The van der Waals surface area contributed by atoms with Crippen molar-refractivity contribution in [2.24, 2.45) is 0 Å². The first kappa shape index (κ1) is 17.8. The second kappa shape index (κ2) is 8.38. The monoisotopic (exact) mass is 371 g/mol. The molecule has 1 heterocycles. The molecule has 0 saturated heterocycles. The fourth-order valence-corrected chi connectivity index (χ4v) is 3.98. The number of aryl methyl sites for hydroxylation is 2. The van der Waals surface area contributed by atoms with E-state index >= 15 is 0 Å². The largest absolute Gasteiger partial charge is 0.772 e. The van der Waals surface area contributed by atoms with Crippen LogP contribution in [-0.2, 0) is 36.1 Å². The van der Waals surface area contributed by atoms with Crippen LogP contribution in [0.15, 0.2) is 54.0 Å². The van der Waals surface area contributed by atoms with Gasteiger partial charge in [-0.1, -0.05) is 47.5 Å². The molecular weight excluding hydrogens is 352 g/mol. The van der Waals surface area contributed by atoms with Crippen molar-refractivity contribution >= 4 is 28.1 Å². The molecule has 0 radical (unpaired) electrons. The van der Waals surface area contributed by atoms with Crippen molar-refractivity contribution in [3.8, 4) is 0 Å². The lowest BCUT2D eigenvalue weighted by Gasteiger charge is -2.07. The van der Waals surface area contributed by atoms with Crippen molar-refractivity contribution in [3.05, 3.63) is 81.3 Å². The van der Waals surface area contributed by atoms with Gasteiger partial charge in [-0.05, 0) is 41.7 Å². The van der Waals surface area contributed by atoms with Gasteiger partial charge in [0.05, 0.1) is 11.2 Å². The summed E-state index contributed by atoms with van der Waals surface area (Å²) in [5.41, 5.74) is 12.8. The molecule has 4 nitrogen and oxygen atoms in total. The zero-order valence-corrected chi connectivity index (χ0v) is 15.3. The first-order chi connectivity index (χ1) is 12.1. The third-order valence-electron chi connectivity index (χ3n) is 4.03. The Morgan fingerprint density at radius 3 is 2.28 bits per heavy atom. The molecule has 6 heteroatoms. The highest BCUT2D eigenvalue weighted by Gasteiger charge is 2.08. The SMILES string of the molecule is Nc1ccc(CCc2ncsc2Cc2ccc(CS(=O)[O-])cc2)cc1. The van der Waals surface area contributed by atoms with E-state index in [1.807, 2.05) is 41.9 Å². The Labute approximate surface area is 154 Å². The van der Waals surface area contributed by atoms with Gasteiger partial charge in [-0.15, -0.1) is 11.3 Å². The molecule has 1 atom stereocenters. The molecule has 25 heavy (non-hydrogen) atoms. The van der Waals surface area contributed by atoms with Gasteiger partial charge in [0.1, 0.15) is 0 Å². The molecule has 0 aliphatic heterocycles. The van der Waals surface area contributed by atoms with E-state index in [-0.39, 0.29) is 5.75 Å². The summed E-state index contributed by atoms with van der Waals surface area (Å²) >= 11 is -0.380. The van der Waals surface area contributed by atoms with Crippen LogP contribution < -0.4 is 5.73 Å². The van der Waals surface area contributed by atoms with Crippen LogP contribution in [0.3, 0.4) is 0 Å². The number of nitrogen functional groups attached to an aromatic ring is 1. The lowest BCUT2D eigenvalue weighted by Crippen LogP contribution is -1.98. The van der Waals surface area contributed by atoms with Crippen molar-refractivity contribution in [2.45, 2.75) is 25.0 Å². The van der Waals surface area contributed by atoms with Gasteiger partial charge < -0.3 is 10.3 Å². The number of thiazole rings is 1. The van der Waals surface area contributed by atoms with Gasteiger partial charge in [-0.3, -0.25) is 4.21 Å². The van der Waals surface area contributed by atoms with E-state index in [9.17, 15) is 8.76 Å². The Morgan fingerprint density at radius 2 is 1.60 bits per heavy atom. The minimum absolute atomic E-state index is 0.0632. The van der Waals surface area contributed by atoms with Gasteiger partial charge in [0.2, 0.25) is 0 Å². The van der Waals surface area contributed by atoms with Crippen LogP contribution >= 0.6 is 11.3 Å². The van der Waals surface area contributed by atoms with Crippen LogP contribution in [0.5, 0.6) is 0 Å². The average molecular weight is 372 g/mol. The Morgan fingerprint density at radius 1 is 0.960 bits per heavy atom. The Hall–Kier alpha value is -2.02. The minimum Gasteiger partial charge on any atom is -0.772 e. The molecule has 0 fully saturated rings. The van der Waals surface area contributed by atoms with E-state index in [1.54, 1.807) is 11.3 Å². The minimum atomic E-state index is -2.05. The topological polar surface area (TPSA) is 79.0 Å². The van der Waals surface area contributed by atoms with Crippen LogP contribution in [0.1, 0.15) is 27.3 Å². The Balaban J connectivity index is 1.63. The third kappa shape index (κ3) is 5.22. The van der Waals surface area contributed by atoms with Crippen molar-refractivity contribution in [1.82, 2.24) is 4.98 Å². The molecule has 0 bridgehead atoms. The number of rotatable bonds is 7. The summed E-state index contributed by atoms with van der Waals surface area (Å²) in [7, 11) is 0. The van der Waals surface area contributed by atoms with Crippen LogP contribution in [0.4, 0.5) is 5.69 Å². The standard InChI is InChI=1S/C19H20N2O2S2/c20-17-8-5-14(6-9-17)7-10-18-19(24-13-21-18)11-15-1-3-16(4-2-15)12-25(22)23/h1-6,8-9,13H,7,10-12,20H2,(H,22,23)/p-1. The Bertz CT molecular complexity index is 843. The molecule has 0 aliphatic rings. The summed E-state index contributed by atoms with van der Waals surface area (Å²) in [6.45, 7) is 0. The highest BCUT2D eigenvalue weighted by Crippen LogP contribution is 2.21. The van der Waals surface area contributed by atoms with E-state index in [2.05, 4.69) is 17.1 Å². The highest BCUT2D eigenvalue weighted by atomic mass is 32.2. The molecule has 0 saturated carbocycles. The molecule has 0 aliphatic carbocycles. The molecule has 3 aromatic rings. The van der Waals surface area contributed by atoms with Crippen LogP contribution in [0.2, 0.25) is 0 Å². The summed E-state index contributed by atoms with van der Waals surface area (Å²) in [6.07, 6.45) is 2.66. The molecular formula is C19H19N2O2S2-. The van der Waals surface area contributed by atoms with Gasteiger partial charge >= 0.3 is 0 Å². The predicted molar refractivity (Wildman–Crippen MR) is 102 cm³/mol. The fraction of sp³-hybridized carbons (Fsp3) is 0.211. The molecule has 1 unspecified atom stereocenters. The lowest BCUT2D eigenvalue weighted by molar-refractivity contribution is 0.536. The number of anilines is 1. The van der Waals surface area contributed by atoms with Gasteiger partial charge in [-0.25, -0.2) is 4.98 Å². The average Bonchev–Trinajstić information content (AvgIpc) is 3.03. The maximum atomic E-state index is 10.7. The molecule has 2 N–H and O–H groups in total. The highest BCUT2D eigenvalue weighted by molar-refractivity contribution is 7.78. The lowest BCUT2D eigenvalue weighted by atomic mass is 10.0. The van der Waals surface area contributed by atoms with Gasteiger partial charge in [-0.2, -0.15) is 0 Å². The fourth-order valence-electron chi connectivity index (χ4n) is 2.66. The molecule has 0 spiro atoms. The predicted octanol–water partition coefficient (Wildman–Crippen LogP) is 3.48. The molecule has 2 aromatic carbocycles. The summed E-state index contributed by atoms with van der Waals surface area (Å²) in [4.78, 5) is 5.77. The number of hydrogen-bond acceptors (Lipinski definition) is 5. The first-order valence-corrected chi connectivity index (χ1v) is 10.1. The molecule has 3 rings (SSSR count). The second-order valence-electron chi connectivity index (χ2n) is 5.91. The third-order valence-corrected chi connectivity index (χ3v) is 5.47. The first-order valence-electron chi connectivity index (χ1n) is 7.99. The maximum Gasteiger partial charge on any atom is 0.0797 e.